The minimum absolute atomic E-state index is 0.241. The minimum Gasteiger partial charge on any atom is -0.281 e. The molecule has 0 amide bonds. The molecule has 3 nitrogen and oxygen atoms in total. The van der Waals surface area contributed by atoms with Crippen LogP contribution in [0, 0.1) is 17.8 Å². The van der Waals surface area contributed by atoms with Gasteiger partial charge in [-0.1, -0.05) is 13.8 Å². The monoisotopic (exact) mass is 300 g/mol. The Bertz CT molecular complexity index is 304. The van der Waals surface area contributed by atoms with Crippen LogP contribution < -0.4 is 0 Å². The van der Waals surface area contributed by atoms with Crippen molar-refractivity contribution in [3.63, 3.8) is 0 Å². The topological polar surface area (TPSA) is 51.2 Å². The summed E-state index contributed by atoms with van der Waals surface area (Å²) in [5.74, 6) is -1.45. The molecule has 0 saturated carbocycles. The van der Waals surface area contributed by atoms with Gasteiger partial charge in [-0.3, -0.25) is 14.4 Å². The molecule has 0 saturated heterocycles. The van der Waals surface area contributed by atoms with E-state index in [1.54, 1.807) is 13.8 Å². The second-order valence-electron chi connectivity index (χ2n) is 4.09. The first kappa shape index (κ1) is 16.9. The molecular formula is C11H15Cl3O3. The summed E-state index contributed by atoms with van der Waals surface area (Å²) in [6.45, 7) is 3.42. The summed E-state index contributed by atoms with van der Waals surface area (Å²) in [5.41, 5.74) is 0. The average Bonchev–Trinajstić information content (AvgIpc) is 2.22. The fourth-order valence-corrected chi connectivity index (χ4v) is 2.07. The summed E-state index contributed by atoms with van der Waals surface area (Å²) in [4.78, 5) is 33.2. The van der Waals surface area contributed by atoms with E-state index in [1.807, 2.05) is 0 Å². The van der Waals surface area contributed by atoms with E-state index < -0.39 is 33.5 Å². The van der Waals surface area contributed by atoms with Crippen molar-refractivity contribution in [3.8, 4) is 0 Å². The standard InChI is InChI=1S/C11H15Cl3O3/c1-3-7(10(13)16)5-8(11(14)17)4-6(2)9(12)15/h6-8H,3-5H2,1-2H3. The highest BCUT2D eigenvalue weighted by molar-refractivity contribution is 6.65. The second-order valence-corrected chi connectivity index (χ2v) is 5.20. The van der Waals surface area contributed by atoms with E-state index in [9.17, 15) is 14.4 Å². The van der Waals surface area contributed by atoms with Gasteiger partial charge >= 0.3 is 0 Å². The number of hydrogen-bond donors (Lipinski definition) is 0. The van der Waals surface area contributed by atoms with Crippen LogP contribution in [0.2, 0.25) is 0 Å². The molecule has 6 heteroatoms. The molecular weight excluding hydrogens is 286 g/mol. The van der Waals surface area contributed by atoms with Crippen molar-refractivity contribution in [2.75, 3.05) is 0 Å². The number of hydrogen-bond acceptors (Lipinski definition) is 3. The van der Waals surface area contributed by atoms with Crippen LogP contribution >= 0.6 is 34.8 Å². The third-order valence-corrected chi connectivity index (χ3v) is 3.72. The average molecular weight is 302 g/mol. The van der Waals surface area contributed by atoms with Gasteiger partial charge in [-0.25, -0.2) is 0 Å². The molecule has 0 aliphatic carbocycles. The van der Waals surface area contributed by atoms with Crippen LogP contribution in [0.25, 0.3) is 0 Å². The lowest BCUT2D eigenvalue weighted by molar-refractivity contribution is -0.119. The molecule has 0 rings (SSSR count). The van der Waals surface area contributed by atoms with Gasteiger partial charge in [0, 0.05) is 17.8 Å². The summed E-state index contributed by atoms with van der Waals surface area (Å²) in [6, 6.07) is 0. The molecule has 0 radical (unpaired) electrons. The number of carbonyl (C=O) groups is 3. The van der Waals surface area contributed by atoms with E-state index in [2.05, 4.69) is 0 Å². The fraction of sp³-hybridized carbons (Fsp3) is 0.727. The van der Waals surface area contributed by atoms with Gasteiger partial charge in [0.25, 0.3) is 0 Å². The number of carbonyl (C=O) groups excluding carboxylic acids is 3. The molecule has 0 aromatic rings. The Morgan fingerprint density at radius 1 is 0.882 bits per heavy atom. The number of halogens is 3. The van der Waals surface area contributed by atoms with Crippen molar-refractivity contribution < 1.29 is 14.4 Å². The molecule has 0 heterocycles. The first-order valence-corrected chi connectivity index (χ1v) is 6.50. The fourth-order valence-electron chi connectivity index (χ4n) is 1.56. The molecule has 3 unspecified atom stereocenters. The Hall–Kier alpha value is -0.120. The Kier molecular flexibility index (Phi) is 8.01. The van der Waals surface area contributed by atoms with Crippen molar-refractivity contribution in [2.24, 2.45) is 17.8 Å². The molecule has 0 aliphatic rings. The molecule has 0 fully saturated rings. The lowest BCUT2D eigenvalue weighted by Crippen LogP contribution is -2.21. The predicted molar refractivity (Wildman–Crippen MR) is 68.2 cm³/mol. The smallest absolute Gasteiger partial charge is 0.224 e. The second kappa shape index (κ2) is 8.06. The summed E-state index contributed by atoms with van der Waals surface area (Å²) in [7, 11) is 0. The zero-order valence-corrected chi connectivity index (χ0v) is 12.0. The van der Waals surface area contributed by atoms with Gasteiger partial charge in [0.15, 0.2) is 0 Å². The SMILES string of the molecule is CCC(CC(CC(C)C(=O)Cl)C(=O)Cl)C(=O)Cl. The molecule has 0 bridgehead atoms. The lowest BCUT2D eigenvalue weighted by atomic mass is 9.88. The Balaban J connectivity index is 4.59. The van der Waals surface area contributed by atoms with Crippen LogP contribution in [0.4, 0.5) is 0 Å². The van der Waals surface area contributed by atoms with Crippen molar-refractivity contribution in [3.05, 3.63) is 0 Å². The summed E-state index contributed by atoms with van der Waals surface area (Å²) in [6.07, 6.45) is 1.03. The zero-order valence-electron chi connectivity index (χ0n) is 9.71. The molecule has 0 aromatic carbocycles. The van der Waals surface area contributed by atoms with Crippen molar-refractivity contribution in [1.82, 2.24) is 0 Å². The van der Waals surface area contributed by atoms with Crippen LogP contribution in [0.3, 0.4) is 0 Å². The van der Waals surface area contributed by atoms with E-state index in [1.165, 1.54) is 0 Å². The first-order chi connectivity index (χ1) is 7.79. The quantitative estimate of drug-likeness (QED) is 0.646. The molecule has 17 heavy (non-hydrogen) atoms. The van der Waals surface area contributed by atoms with E-state index in [-0.39, 0.29) is 12.8 Å². The molecule has 98 valence electrons. The van der Waals surface area contributed by atoms with Gasteiger partial charge in [-0.05, 0) is 54.1 Å². The third-order valence-electron chi connectivity index (χ3n) is 2.73. The molecule has 0 aromatic heterocycles. The van der Waals surface area contributed by atoms with Gasteiger partial charge < -0.3 is 0 Å². The van der Waals surface area contributed by atoms with Crippen LogP contribution in [0.5, 0.6) is 0 Å². The number of rotatable bonds is 8. The van der Waals surface area contributed by atoms with Crippen LogP contribution in [-0.4, -0.2) is 15.7 Å². The maximum Gasteiger partial charge on any atom is 0.224 e. The maximum atomic E-state index is 11.2. The Labute approximate surface area is 116 Å². The van der Waals surface area contributed by atoms with Gasteiger partial charge in [-0.2, -0.15) is 0 Å². The molecule has 0 spiro atoms. The van der Waals surface area contributed by atoms with Crippen molar-refractivity contribution >= 4 is 50.5 Å². The van der Waals surface area contributed by atoms with Crippen LogP contribution in [0.15, 0.2) is 0 Å². The van der Waals surface area contributed by atoms with Gasteiger partial charge in [0.2, 0.25) is 15.7 Å². The zero-order chi connectivity index (χ0) is 13.6. The maximum absolute atomic E-state index is 11.2. The normalized spacial score (nSPS) is 16.1. The first-order valence-electron chi connectivity index (χ1n) is 5.37. The summed E-state index contributed by atoms with van der Waals surface area (Å²) < 4.78 is 0. The Morgan fingerprint density at radius 2 is 1.35 bits per heavy atom. The Morgan fingerprint density at radius 3 is 1.65 bits per heavy atom. The molecule has 0 N–H and O–H groups in total. The van der Waals surface area contributed by atoms with Crippen LogP contribution in [-0.2, 0) is 14.4 Å². The highest BCUT2D eigenvalue weighted by atomic mass is 35.5. The minimum atomic E-state index is -0.568. The van der Waals surface area contributed by atoms with Crippen molar-refractivity contribution in [1.29, 1.82) is 0 Å². The van der Waals surface area contributed by atoms with Gasteiger partial charge in [-0.15, -0.1) is 0 Å². The molecule has 0 aliphatic heterocycles. The van der Waals surface area contributed by atoms with E-state index in [4.69, 9.17) is 34.8 Å². The predicted octanol–water partition coefficient (Wildman–Crippen LogP) is 3.34. The molecule has 3 atom stereocenters. The van der Waals surface area contributed by atoms with Gasteiger partial charge in [0.1, 0.15) is 0 Å². The van der Waals surface area contributed by atoms with Crippen molar-refractivity contribution in [2.45, 2.75) is 33.1 Å². The summed E-state index contributed by atoms with van der Waals surface area (Å²) in [5, 5.41) is -1.57. The van der Waals surface area contributed by atoms with Crippen LogP contribution in [0.1, 0.15) is 33.1 Å². The summed E-state index contributed by atoms with van der Waals surface area (Å²) >= 11 is 16.2. The van der Waals surface area contributed by atoms with E-state index >= 15 is 0 Å². The third kappa shape index (κ3) is 6.39. The highest BCUT2D eigenvalue weighted by Gasteiger charge is 2.27. The highest BCUT2D eigenvalue weighted by Crippen LogP contribution is 2.26. The van der Waals surface area contributed by atoms with Gasteiger partial charge in [0.05, 0.1) is 0 Å². The largest absolute Gasteiger partial charge is 0.281 e. The van der Waals surface area contributed by atoms with E-state index in [0.29, 0.717) is 6.42 Å². The lowest BCUT2D eigenvalue weighted by Gasteiger charge is -2.18. The van der Waals surface area contributed by atoms with E-state index in [0.717, 1.165) is 0 Å².